The average molecular weight is 412 g/mol. The molecule has 11 heteroatoms. The number of halogens is 2. The van der Waals surface area contributed by atoms with Gasteiger partial charge in [-0.25, -0.2) is 12.8 Å². The Hall–Kier alpha value is -1.30. The smallest absolute Gasteiger partial charge is 0.246 e. The monoisotopic (exact) mass is 411 g/mol. The van der Waals surface area contributed by atoms with Crippen LogP contribution >= 0.6 is 12.4 Å². The Labute approximate surface area is 158 Å². The predicted molar refractivity (Wildman–Crippen MR) is 96.6 cm³/mol. The van der Waals surface area contributed by atoms with E-state index in [0.717, 1.165) is 12.1 Å². The number of nitrogens with one attached hydrogen (secondary N) is 2. The van der Waals surface area contributed by atoms with Crippen LogP contribution in [0.3, 0.4) is 0 Å². The van der Waals surface area contributed by atoms with Crippen molar-refractivity contribution in [2.45, 2.75) is 4.90 Å². The van der Waals surface area contributed by atoms with Crippen molar-refractivity contribution in [3.8, 4) is 0 Å². The molecule has 0 spiro atoms. The molecule has 148 valence electrons. The van der Waals surface area contributed by atoms with Crippen LogP contribution in [-0.2, 0) is 24.3 Å². The quantitative estimate of drug-likeness (QED) is 0.603. The van der Waals surface area contributed by atoms with Crippen molar-refractivity contribution < 1.29 is 27.1 Å². The highest BCUT2D eigenvalue weighted by atomic mass is 35.5. The molecule has 1 saturated heterocycles. The van der Waals surface area contributed by atoms with Crippen LogP contribution in [0, 0.1) is 5.82 Å². The summed E-state index contributed by atoms with van der Waals surface area (Å²) in [4.78, 5) is 11.4. The Morgan fingerprint density at radius 3 is 2.69 bits per heavy atom. The number of morpholine rings is 1. The van der Waals surface area contributed by atoms with Crippen molar-refractivity contribution in [3.63, 3.8) is 0 Å². The first-order valence-electron chi connectivity index (χ1n) is 7.82. The van der Waals surface area contributed by atoms with Crippen LogP contribution in [0.2, 0.25) is 0 Å². The number of carbonyl (C=O) groups excluding carboxylic acids is 1. The maximum absolute atomic E-state index is 14.1. The maximum Gasteiger partial charge on any atom is 0.246 e. The largest absolute Gasteiger partial charge is 0.383 e. The van der Waals surface area contributed by atoms with Gasteiger partial charge in [0.15, 0.2) is 0 Å². The normalized spacial score (nSPS) is 15.3. The van der Waals surface area contributed by atoms with Gasteiger partial charge in [0.25, 0.3) is 0 Å². The average Bonchev–Trinajstić information content (AvgIpc) is 2.61. The molecule has 1 aromatic carbocycles. The highest BCUT2D eigenvalue weighted by Gasteiger charge is 2.29. The molecule has 0 aromatic heterocycles. The van der Waals surface area contributed by atoms with Crippen molar-refractivity contribution in [2.75, 3.05) is 58.4 Å². The summed E-state index contributed by atoms with van der Waals surface area (Å²) in [7, 11) is -2.43. The first kappa shape index (κ1) is 22.7. The summed E-state index contributed by atoms with van der Waals surface area (Å²) in [5.74, 6) is -1.22. The van der Waals surface area contributed by atoms with Crippen LogP contribution in [0.5, 0.6) is 0 Å². The molecule has 8 nitrogen and oxygen atoms in total. The van der Waals surface area contributed by atoms with Crippen molar-refractivity contribution >= 4 is 34.0 Å². The van der Waals surface area contributed by atoms with E-state index in [-0.39, 0.29) is 56.8 Å². The van der Waals surface area contributed by atoms with E-state index in [1.165, 1.54) is 10.4 Å². The van der Waals surface area contributed by atoms with Gasteiger partial charge in [0.2, 0.25) is 15.9 Å². The van der Waals surface area contributed by atoms with Crippen LogP contribution in [0.25, 0.3) is 0 Å². The molecule has 2 N–H and O–H groups in total. The molecule has 1 aromatic rings. The molecule has 1 aliphatic rings. The Morgan fingerprint density at radius 2 is 2.04 bits per heavy atom. The molecule has 0 unspecified atom stereocenters. The van der Waals surface area contributed by atoms with Crippen LogP contribution < -0.4 is 10.6 Å². The number of hydrogen-bond donors (Lipinski definition) is 2. The fourth-order valence-corrected chi connectivity index (χ4v) is 3.78. The molecule has 0 aliphatic carbocycles. The number of anilines is 1. The summed E-state index contributed by atoms with van der Waals surface area (Å²) in [5, 5.41) is 5.41. The summed E-state index contributed by atoms with van der Waals surface area (Å²) < 4.78 is 50.4. The number of sulfonamides is 1. The minimum absolute atomic E-state index is 0. The van der Waals surface area contributed by atoms with E-state index in [2.05, 4.69) is 10.6 Å². The fraction of sp³-hybridized carbons (Fsp3) is 0.533. The van der Waals surface area contributed by atoms with E-state index in [1.54, 1.807) is 7.11 Å². The molecule has 1 amide bonds. The van der Waals surface area contributed by atoms with Crippen LogP contribution in [0.1, 0.15) is 0 Å². The lowest BCUT2D eigenvalue weighted by Gasteiger charge is -2.26. The van der Waals surface area contributed by atoms with E-state index >= 15 is 0 Å². The van der Waals surface area contributed by atoms with E-state index in [0.29, 0.717) is 13.2 Å². The molecule has 1 heterocycles. The lowest BCUT2D eigenvalue weighted by molar-refractivity contribution is -0.115. The molecule has 0 radical (unpaired) electrons. The molecule has 1 aliphatic heterocycles. The van der Waals surface area contributed by atoms with Gasteiger partial charge in [-0.3, -0.25) is 4.79 Å². The highest BCUT2D eigenvalue weighted by molar-refractivity contribution is 7.89. The molecule has 0 bridgehead atoms. The standard InChI is InChI=1S/C15H22FN3O5S.ClH/c1-23-7-4-17-11-15(20)18-12-2-3-13(16)14(10-12)25(21,22)19-5-8-24-9-6-19;/h2-3,10,17H,4-9,11H2,1H3,(H,18,20);1H. The van der Waals surface area contributed by atoms with Crippen molar-refractivity contribution in [1.29, 1.82) is 0 Å². The van der Waals surface area contributed by atoms with Crippen molar-refractivity contribution in [2.24, 2.45) is 0 Å². The van der Waals surface area contributed by atoms with E-state index in [9.17, 15) is 17.6 Å². The summed E-state index contributed by atoms with van der Waals surface area (Å²) in [5.41, 5.74) is 0.215. The first-order chi connectivity index (χ1) is 11.9. The Balaban J connectivity index is 0.00000338. The van der Waals surface area contributed by atoms with Crippen LogP contribution in [0.15, 0.2) is 23.1 Å². The molecule has 2 rings (SSSR count). The minimum atomic E-state index is -3.98. The second kappa shape index (κ2) is 10.8. The Bertz CT molecular complexity index is 699. The number of rotatable bonds is 8. The molecule has 0 saturated carbocycles. The van der Waals surface area contributed by atoms with Crippen molar-refractivity contribution in [1.82, 2.24) is 9.62 Å². The number of carbonyl (C=O) groups is 1. The number of ether oxygens (including phenoxy) is 2. The predicted octanol–water partition coefficient (Wildman–Crippen LogP) is 0.443. The first-order valence-corrected chi connectivity index (χ1v) is 9.26. The van der Waals surface area contributed by atoms with Gasteiger partial charge in [-0.1, -0.05) is 0 Å². The van der Waals surface area contributed by atoms with Gasteiger partial charge < -0.3 is 20.1 Å². The highest BCUT2D eigenvalue weighted by Crippen LogP contribution is 2.23. The third kappa shape index (κ3) is 6.15. The van der Waals surface area contributed by atoms with Gasteiger partial charge in [-0.2, -0.15) is 4.31 Å². The van der Waals surface area contributed by atoms with Gasteiger partial charge in [0.1, 0.15) is 10.7 Å². The summed E-state index contributed by atoms with van der Waals surface area (Å²) in [6.07, 6.45) is 0. The summed E-state index contributed by atoms with van der Waals surface area (Å²) in [6.45, 7) is 1.88. The van der Waals surface area contributed by atoms with Crippen LogP contribution in [0.4, 0.5) is 10.1 Å². The maximum atomic E-state index is 14.1. The van der Waals surface area contributed by atoms with E-state index in [1.807, 2.05) is 0 Å². The molecular weight excluding hydrogens is 389 g/mol. The van der Waals surface area contributed by atoms with Gasteiger partial charge in [0.05, 0.1) is 26.4 Å². The Kier molecular flexibility index (Phi) is 9.41. The Morgan fingerprint density at radius 1 is 1.35 bits per heavy atom. The van der Waals surface area contributed by atoms with Gasteiger partial charge >= 0.3 is 0 Å². The third-order valence-electron chi connectivity index (χ3n) is 3.57. The molecule has 1 fully saturated rings. The second-order valence-electron chi connectivity index (χ2n) is 5.38. The number of hydrogen-bond acceptors (Lipinski definition) is 6. The van der Waals surface area contributed by atoms with Crippen molar-refractivity contribution in [3.05, 3.63) is 24.0 Å². The van der Waals surface area contributed by atoms with Gasteiger partial charge in [-0.15, -0.1) is 12.4 Å². The number of nitrogens with zero attached hydrogens (tertiary/aromatic N) is 1. The zero-order chi connectivity index (χ0) is 18.3. The zero-order valence-electron chi connectivity index (χ0n) is 14.4. The van der Waals surface area contributed by atoms with Gasteiger partial charge in [0, 0.05) is 32.4 Å². The lowest BCUT2D eigenvalue weighted by Crippen LogP contribution is -2.41. The SMILES string of the molecule is COCCNCC(=O)Nc1ccc(F)c(S(=O)(=O)N2CCOCC2)c1.Cl. The van der Waals surface area contributed by atoms with E-state index < -0.39 is 20.7 Å². The number of methoxy groups -OCH3 is 1. The minimum Gasteiger partial charge on any atom is -0.383 e. The van der Waals surface area contributed by atoms with E-state index in [4.69, 9.17) is 9.47 Å². The third-order valence-corrected chi connectivity index (χ3v) is 5.49. The number of benzene rings is 1. The number of amides is 1. The zero-order valence-corrected chi connectivity index (χ0v) is 16.0. The summed E-state index contributed by atoms with van der Waals surface area (Å²) in [6, 6.07) is 3.48. The summed E-state index contributed by atoms with van der Waals surface area (Å²) >= 11 is 0. The second-order valence-corrected chi connectivity index (χ2v) is 7.29. The molecular formula is C15H23ClFN3O5S. The topological polar surface area (TPSA) is 97.0 Å². The fourth-order valence-electron chi connectivity index (χ4n) is 2.29. The van der Waals surface area contributed by atoms with Gasteiger partial charge in [-0.05, 0) is 18.2 Å². The lowest BCUT2D eigenvalue weighted by atomic mass is 10.3. The molecule has 0 atom stereocenters. The molecule has 26 heavy (non-hydrogen) atoms. The van der Waals surface area contributed by atoms with Crippen LogP contribution in [-0.4, -0.2) is 71.7 Å².